The first-order valence-electron chi connectivity index (χ1n) is 7.33. The molecule has 1 saturated heterocycles. The van der Waals surface area contributed by atoms with Gasteiger partial charge in [0.2, 0.25) is 0 Å². The molecule has 1 atom stereocenters. The Balaban J connectivity index is 2.02. The zero-order valence-electron chi connectivity index (χ0n) is 12.8. The maximum atomic E-state index is 6.49. The second-order valence-corrected chi connectivity index (χ2v) is 7.50. The van der Waals surface area contributed by atoms with E-state index in [0.29, 0.717) is 5.41 Å². The van der Waals surface area contributed by atoms with Crippen molar-refractivity contribution in [1.82, 2.24) is 4.90 Å². The van der Waals surface area contributed by atoms with Gasteiger partial charge in [0.25, 0.3) is 0 Å². The molecule has 1 aliphatic heterocycles. The van der Waals surface area contributed by atoms with Crippen LogP contribution in [0, 0.1) is 10.8 Å². The molecule has 19 heavy (non-hydrogen) atoms. The van der Waals surface area contributed by atoms with Gasteiger partial charge in [-0.25, -0.2) is 0 Å². The predicted molar refractivity (Wildman–Crippen MR) is 82.0 cm³/mol. The molecule has 0 radical (unpaired) electrons. The zero-order chi connectivity index (χ0) is 14.1. The van der Waals surface area contributed by atoms with Crippen molar-refractivity contribution >= 4 is 0 Å². The van der Waals surface area contributed by atoms with Crippen molar-refractivity contribution in [2.24, 2.45) is 16.6 Å². The van der Waals surface area contributed by atoms with Crippen molar-refractivity contribution in [2.75, 3.05) is 19.6 Å². The highest BCUT2D eigenvalue weighted by Crippen LogP contribution is 2.36. The molecule has 0 spiro atoms. The molecular weight excluding hydrogens is 232 g/mol. The molecule has 0 saturated carbocycles. The van der Waals surface area contributed by atoms with Gasteiger partial charge in [-0.15, -0.1) is 0 Å². The average Bonchev–Trinajstić information content (AvgIpc) is 2.68. The minimum atomic E-state index is 0.0948. The van der Waals surface area contributed by atoms with Gasteiger partial charge in [0, 0.05) is 19.1 Å². The summed E-state index contributed by atoms with van der Waals surface area (Å²) >= 11 is 0. The van der Waals surface area contributed by atoms with Crippen LogP contribution in [0.4, 0.5) is 0 Å². The Labute approximate surface area is 118 Å². The number of nitrogens with zero attached hydrogens (tertiary/aromatic N) is 1. The van der Waals surface area contributed by atoms with Crippen molar-refractivity contribution in [3.8, 4) is 0 Å². The van der Waals surface area contributed by atoms with E-state index >= 15 is 0 Å². The molecule has 1 aromatic rings. The van der Waals surface area contributed by atoms with Gasteiger partial charge in [-0.2, -0.15) is 0 Å². The van der Waals surface area contributed by atoms with Crippen LogP contribution in [0.3, 0.4) is 0 Å². The van der Waals surface area contributed by atoms with E-state index in [1.807, 2.05) is 6.07 Å². The number of hydrogen-bond donors (Lipinski definition) is 1. The lowest BCUT2D eigenvalue weighted by Gasteiger charge is -2.36. The summed E-state index contributed by atoms with van der Waals surface area (Å²) in [4.78, 5) is 2.57. The summed E-state index contributed by atoms with van der Waals surface area (Å²) in [6.07, 6.45) is 1.30. The lowest BCUT2D eigenvalue weighted by atomic mass is 9.80. The first-order chi connectivity index (χ1) is 8.80. The largest absolute Gasteiger partial charge is 0.323 e. The molecule has 0 aliphatic carbocycles. The normalized spacial score (nSPS) is 21.5. The topological polar surface area (TPSA) is 29.3 Å². The third-order valence-electron chi connectivity index (χ3n) is 4.39. The van der Waals surface area contributed by atoms with Crippen LogP contribution in [0.25, 0.3) is 0 Å². The first-order valence-corrected chi connectivity index (χ1v) is 7.33. The second-order valence-electron chi connectivity index (χ2n) is 7.50. The van der Waals surface area contributed by atoms with E-state index in [-0.39, 0.29) is 11.5 Å². The van der Waals surface area contributed by atoms with Crippen LogP contribution in [0.2, 0.25) is 0 Å². The van der Waals surface area contributed by atoms with Crippen molar-refractivity contribution in [3.63, 3.8) is 0 Å². The predicted octanol–water partition coefficient (Wildman–Crippen LogP) is 3.44. The van der Waals surface area contributed by atoms with Crippen molar-refractivity contribution in [1.29, 1.82) is 0 Å². The highest BCUT2D eigenvalue weighted by atomic mass is 15.2. The summed E-state index contributed by atoms with van der Waals surface area (Å²) < 4.78 is 0. The maximum Gasteiger partial charge on any atom is 0.0359 e. The standard InChI is InChI=1S/C17H28N2/c1-16(2)10-11-19(12-16)13-17(3,4)15(18)14-8-6-5-7-9-14/h5-9,15H,10-13,18H2,1-4H3. The molecule has 2 heteroatoms. The molecular formula is C17H28N2. The molecule has 2 N–H and O–H groups in total. The molecule has 1 aromatic carbocycles. The fraction of sp³-hybridized carbons (Fsp3) is 0.647. The molecule has 106 valence electrons. The summed E-state index contributed by atoms with van der Waals surface area (Å²) in [7, 11) is 0. The highest BCUT2D eigenvalue weighted by Gasteiger charge is 2.35. The zero-order valence-corrected chi connectivity index (χ0v) is 12.8. The maximum absolute atomic E-state index is 6.49. The molecule has 1 unspecified atom stereocenters. The van der Waals surface area contributed by atoms with Crippen LogP contribution in [0.1, 0.15) is 45.7 Å². The smallest absolute Gasteiger partial charge is 0.0359 e. The summed E-state index contributed by atoms with van der Waals surface area (Å²) in [5.41, 5.74) is 8.30. The summed E-state index contributed by atoms with van der Waals surface area (Å²) in [6, 6.07) is 10.6. The van der Waals surface area contributed by atoms with Gasteiger partial charge in [0.1, 0.15) is 0 Å². The van der Waals surface area contributed by atoms with Crippen LogP contribution < -0.4 is 5.73 Å². The summed E-state index contributed by atoms with van der Waals surface area (Å²) in [5, 5.41) is 0. The third kappa shape index (κ3) is 3.58. The summed E-state index contributed by atoms with van der Waals surface area (Å²) in [5.74, 6) is 0. The lowest BCUT2D eigenvalue weighted by Crippen LogP contribution is -2.40. The van der Waals surface area contributed by atoms with E-state index in [4.69, 9.17) is 5.73 Å². The monoisotopic (exact) mass is 260 g/mol. The van der Waals surface area contributed by atoms with Gasteiger partial charge in [0.15, 0.2) is 0 Å². The number of rotatable bonds is 4. The Morgan fingerprint density at radius 1 is 1.26 bits per heavy atom. The minimum absolute atomic E-state index is 0.0948. The Morgan fingerprint density at radius 2 is 1.89 bits per heavy atom. The van der Waals surface area contributed by atoms with Crippen molar-refractivity contribution in [2.45, 2.75) is 40.2 Å². The highest BCUT2D eigenvalue weighted by molar-refractivity contribution is 5.20. The average molecular weight is 260 g/mol. The van der Waals surface area contributed by atoms with Crippen molar-refractivity contribution < 1.29 is 0 Å². The van der Waals surface area contributed by atoms with Gasteiger partial charge >= 0.3 is 0 Å². The number of likely N-dealkylation sites (tertiary alicyclic amines) is 1. The molecule has 2 nitrogen and oxygen atoms in total. The van der Waals surface area contributed by atoms with Gasteiger partial charge < -0.3 is 10.6 Å². The number of nitrogens with two attached hydrogens (primary N) is 1. The summed E-state index contributed by atoms with van der Waals surface area (Å²) in [6.45, 7) is 12.8. The number of hydrogen-bond acceptors (Lipinski definition) is 2. The second kappa shape index (κ2) is 5.26. The molecule has 0 aromatic heterocycles. The van der Waals surface area contributed by atoms with Crippen LogP contribution >= 0.6 is 0 Å². The molecule has 0 bridgehead atoms. The van der Waals surface area contributed by atoms with Crippen LogP contribution in [-0.2, 0) is 0 Å². The molecule has 0 amide bonds. The van der Waals surface area contributed by atoms with Gasteiger partial charge in [-0.3, -0.25) is 0 Å². The first kappa shape index (κ1) is 14.5. The van der Waals surface area contributed by atoms with Crippen LogP contribution in [0.5, 0.6) is 0 Å². The van der Waals surface area contributed by atoms with E-state index in [1.165, 1.54) is 25.1 Å². The van der Waals surface area contributed by atoms with Crippen molar-refractivity contribution in [3.05, 3.63) is 35.9 Å². The molecule has 1 fully saturated rings. The third-order valence-corrected chi connectivity index (χ3v) is 4.39. The van der Waals surface area contributed by atoms with E-state index in [0.717, 1.165) is 6.54 Å². The van der Waals surface area contributed by atoms with Crippen LogP contribution in [0.15, 0.2) is 30.3 Å². The van der Waals surface area contributed by atoms with Gasteiger partial charge in [0.05, 0.1) is 0 Å². The van der Waals surface area contributed by atoms with E-state index in [1.54, 1.807) is 0 Å². The van der Waals surface area contributed by atoms with Gasteiger partial charge in [-0.05, 0) is 29.4 Å². The lowest BCUT2D eigenvalue weighted by molar-refractivity contribution is 0.165. The SMILES string of the molecule is CC1(C)CCN(CC(C)(C)C(N)c2ccccc2)C1. The van der Waals surface area contributed by atoms with E-state index in [2.05, 4.69) is 56.9 Å². The quantitative estimate of drug-likeness (QED) is 0.898. The van der Waals surface area contributed by atoms with Crippen LogP contribution in [-0.4, -0.2) is 24.5 Å². The minimum Gasteiger partial charge on any atom is -0.323 e. The van der Waals surface area contributed by atoms with E-state index in [9.17, 15) is 0 Å². The van der Waals surface area contributed by atoms with Gasteiger partial charge in [-0.1, -0.05) is 58.0 Å². The fourth-order valence-corrected chi connectivity index (χ4v) is 3.15. The Bertz CT molecular complexity index is 409. The Morgan fingerprint density at radius 3 is 2.42 bits per heavy atom. The number of benzene rings is 1. The Hall–Kier alpha value is -0.860. The fourth-order valence-electron chi connectivity index (χ4n) is 3.15. The Kier molecular flexibility index (Phi) is 4.03. The van der Waals surface area contributed by atoms with E-state index < -0.39 is 0 Å². The molecule has 2 rings (SSSR count). The molecule has 1 aliphatic rings. The molecule has 1 heterocycles.